The second-order valence-corrected chi connectivity index (χ2v) is 4.64. The highest BCUT2D eigenvalue weighted by atomic mass is 19.1. The summed E-state index contributed by atoms with van der Waals surface area (Å²) in [5, 5.41) is 0. The summed E-state index contributed by atoms with van der Waals surface area (Å²) in [5.74, 6) is -0.0873. The van der Waals surface area contributed by atoms with Gasteiger partial charge in [-0.2, -0.15) is 0 Å². The summed E-state index contributed by atoms with van der Waals surface area (Å²) in [6.07, 6.45) is 1.43. The van der Waals surface area contributed by atoms with Crippen LogP contribution in [0.5, 0.6) is 5.75 Å². The summed E-state index contributed by atoms with van der Waals surface area (Å²) in [6.45, 7) is 2.64. The lowest BCUT2D eigenvalue weighted by molar-refractivity contribution is 0.0955. The molecule has 2 atom stereocenters. The molecule has 0 radical (unpaired) electrons. The number of benzene rings is 1. The summed E-state index contributed by atoms with van der Waals surface area (Å²) < 4.78 is 23.9. The zero-order valence-electron chi connectivity index (χ0n) is 10.2. The average Bonchev–Trinajstić information content (AvgIpc) is 2.59. The molecule has 0 saturated carbocycles. The molecule has 94 valence electrons. The van der Waals surface area contributed by atoms with E-state index in [1.807, 2.05) is 13.0 Å². The predicted molar refractivity (Wildman–Crippen MR) is 63.6 cm³/mol. The maximum Gasteiger partial charge on any atom is 0.165 e. The Hall–Kier alpha value is -1.13. The first-order valence-corrected chi connectivity index (χ1v) is 5.78. The van der Waals surface area contributed by atoms with E-state index in [0.717, 1.165) is 12.0 Å². The lowest BCUT2D eigenvalue weighted by Gasteiger charge is -2.27. The highest BCUT2D eigenvalue weighted by Gasteiger charge is 2.37. The smallest absolute Gasteiger partial charge is 0.165 e. The Morgan fingerprint density at radius 1 is 1.59 bits per heavy atom. The Morgan fingerprint density at radius 2 is 2.35 bits per heavy atom. The van der Waals surface area contributed by atoms with Crippen molar-refractivity contribution in [2.24, 2.45) is 5.73 Å². The third kappa shape index (κ3) is 2.42. The van der Waals surface area contributed by atoms with Crippen LogP contribution in [0, 0.1) is 5.82 Å². The molecule has 2 N–H and O–H groups in total. The third-order valence-electron chi connectivity index (χ3n) is 3.49. The lowest BCUT2D eigenvalue weighted by atomic mass is 9.86. The Bertz CT molecular complexity index is 410. The van der Waals surface area contributed by atoms with Gasteiger partial charge in [0, 0.05) is 12.1 Å². The van der Waals surface area contributed by atoms with Crippen LogP contribution in [0.4, 0.5) is 4.39 Å². The van der Waals surface area contributed by atoms with Gasteiger partial charge in [0.05, 0.1) is 13.2 Å². The van der Waals surface area contributed by atoms with Crippen LogP contribution < -0.4 is 10.5 Å². The van der Waals surface area contributed by atoms with Crippen LogP contribution in [0.15, 0.2) is 18.2 Å². The fraction of sp³-hybridized carbons (Fsp3) is 0.538. The summed E-state index contributed by atoms with van der Waals surface area (Å²) in [4.78, 5) is 0. The molecule has 1 aromatic carbocycles. The van der Waals surface area contributed by atoms with E-state index in [4.69, 9.17) is 15.2 Å². The number of nitrogens with two attached hydrogens (primary N) is 1. The molecule has 1 aromatic rings. The normalized spacial score (nSPS) is 28.4. The van der Waals surface area contributed by atoms with E-state index in [-0.39, 0.29) is 23.2 Å². The lowest BCUT2D eigenvalue weighted by Crippen LogP contribution is -2.48. The van der Waals surface area contributed by atoms with Crippen LogP contribution in [0.1, 0.15) is 18.9 Å². The van der Waals surface area contributed by atoms with Crippen LogP contribution >= 0.6 is 0 Å². The summed E-state index contributed by atoms with van der Waals surface area (Å²) in [6, 6.07) is 4.97. The number of ether oxygens (including phenoxy) is 2. The maximum absolute atomic E-state index is 13.5. The quantitative estimate of drug-likeness (QED) is 0.876. The van der Waals surface area contributed by atoms with Gasteiger partial charge in [-0.3, -0.25) is 0 Å². The van der Waals surface area contributed by atoms with E-state index in [1.165, 1.54) is 13.2 Å². The molecule has 0 aromatic heterocycles. The minimum absolute atomic E-state index is 0.00710. The largest absolute Gasteiger partial charge is 0.494 e. The average molecular weight is 239 g/mol. The summed E-state index contributed by atoms with van der Waals surface area (Å²) >= 11 is 0. The van der Waals surface area contributed by atoms with Crippen molar-refractivity contribution >= 4 is 0 Å². The highest BCUT2D eigenvalue weighted by Crippen LogP contribution is 2.28. The molecule has 1 aliphatic heterocycles. The first-order valence-electron chi connectivity index (χ1n) is 5.78. The topological polar surface area (TPSA) is 44.5 Å². The van der Waals surface area contributed by atoms with Crippen molar-refractivity contribution in [1.82, 2.24) is 0 Å². The van der Waals surface area contributed by atoms with E-state index >= 15 is 0 Å². The van der Waals surface area contributed by atoms with Gasteiger partial charge in [-0.1, -0.05) is 6.07 Å². The fourth-order valence-corrected chi connectivity index (χ4v) is 2.23. The minimum Gasteiger partial charge on any atom is -0.494 e. The second-order valence-electron chi connectivity index (χ2n) is 4.64. The monoisotopic (exact) mass is 239 g/mol. The number of hydrogen-bond donors (Lipinski definition) is 1. The molecule has 2 rings (SSSR count). The molecule has 0 bridgehead atoms. The van der Waals surface area contributed by atoms with Crippen LogP contribution in [0.3, 0.4) is 0 Å². The Morgan fingerprint density at radius 3 is 2.88 bits per heavy atom. The molecule has 3 nitrogen and oxygen atoms in total. The summed E-state index contributed by atoms with van der Waals surface area (Å²) in [7, 11) is 1.45. The first-order chi connectivity index (χ1) is 8.05. The van der Waals surface area contributed by atoms with Gasteiger partial charge in [-0.25, -0.2) is 4.39 Å². The highest BCUT2D eigenvalue weighted by molar-refractivity contribution is 5.30. The van der Waals surface area contributed by atoms with Gasteiger partial charge in [0.15, 0.2) is 11.6 Å². The van der Waals surface area contributed by atoms with E-state index in [0.29, 0.717) is 13.0 Å². The van der Waals surface area contributed by atoms with Crippen molar-refractivity contribution in [2.45, 2.75) is 31.4 Å². The Labute approximate surface area is 101 Å². The van der Waals surface area contributed by atoms with Gasteiger partial charge in [-0.15, -0.1) is 0 Å². The van der Waals surface area contributed by atoms with E-state index in [2.05, 4.69) is 0 Å². The van der Waals surface area contributed by atoms with E-state index < -0.39 is 0 Å². The second kappa shape index (κ2) is 4.63. The number of halogens is 1. The van der Waals surface area contributed by atoms with Crippen LogP contribution in [-0.2, 0) is 11.2 Å². The fourth-order valence-electron chi connectivity index (χ4n) is 2.23. The van der Waals surface area contributed by atoms with Crippen LogP contribution in [0.2, 0.25) is 0 Å². The molecule has 17 heavy (non-hydrogen) atoms. The molecule has 0 amide bonds. The zero-order chi connectivity index (χ0) is 12.5. The molecule has 1 saturated heterocycles. The molecule has 1 heterocycles. The van der Waals surface area contributed by atoms with Crippen molar-refractivity contribution in [3.63, 3.8) is 0 Å². The maximum atomic E-state index is 13.5. The van der Waals surface area contributed by atoms with Crippen LogP contribution in [-0.4, -0.2) is 25.4 Å². The van der Waals surface area contributed by atoms with E-state index in [1.54, 1.807) is 6.07 Å². The molecule has 2 unspecified atom stereocenters. The van der Waals surface area contributed by atoms with Crippen molar-refractivity contribution in [1.29, 1.82) is 0 Å². The molecule has 4 heteroatoms. The van der Waals surface area contributed by atoms with Crippen molar-refractivity contribution in [3.05, 3.63) is 29.6 Å². The van der Waals surface area contributed by atoms with Gasteiger partial charge >= 0.3 is 0 Å². The Balaban J connectivity index is 2.16. The number of methoxy groups -OCH3 is 1. The minimum atomic E-state index is -0.388. The van der Waals surface area contributed by atoms with Gasteiger partial charge in [0.2, 0.25) is 0 Å². The first kappa shape index (κ1) is 12.3. The molecular weight excluding hydrogens is 221 g/mol. The molecule has 1 fully saturated rings. The molecule has 1 aliphatic rings. The summed E-state index contributed by atoms with van der Waals surface area (Å²) in [5.41, 5.74) is 6.77. The molecule has 0 aliphatic carbocycles. The Kier molecular flexibility index (Phi) is 3.35. The van der Waals surface area contributed by atoms with Crippen molar-refractivity contribution in [2.75, 3.05) is 13.7 Å². The van der Waals surface area contributed by atoms with Gasteiger partial charge < -0.3 is 15.2 Å². The van der Waals surface area contributed by atoms with E-state index in [9.17, 15) is 4.39 Å². The SMILES string of the molecule is COc1ccc(CC2(N)CCOC2C)cc1F. The van der Waals surface area contributed by atoms with Crippen molar-refractivity contribution in [3.8, 4) is 5.75 Å². The van der Waals surface area contributed by atoms with Crippen molar-refractivity contribution < 1.29 is 13.9 Å². The van der Waals surface area contributed by atoms with Gasteiger partial charge in [-0.05, 0) is 37.5 Å². The standard InChI is InChI=1S/C13H18FNO2/c1-9-13(15,5-6-17-9)8-10-3-4-12(16-2)11(14)7-10/h3-4,7,9H,5-6,8,15H2,1-2H3. The van der Waals surface area contributed by atoms with Gasteiger partial charge in [0.25, 0.3) is 0 Å². The predicted octanol–water partition coefficient (Wildman–Crippen LogP) is 1.88. The van der Waals surface area contributed by atoms with Gasteiger partial charge in [0.1, 0.15) is 0 Å². The number of rotatable bonds is 3. The number of hydrogen-bond acceptors (Lipinski definition) is 3. The molecule has 0 spiro atoms. The van der Waals surface area contributed by atoms with Crippen LogP contribution in [0.25, 0.3) is 0 Å². The third-order valence-corrected chi connectivity index (χ3v) is 3.49. The zero-order valence-corrected chi connectivity index (χ0v) is 10.2. The molecular formula is C13H18FNO2.